The second kappa shape index (κ2) is 6.92. The first kappa shape index (κ1) is 15.2. The molecule has 1 aromatic rings. The molecule has 0 bridgehead atoms. The lowest BCUT2D eigenvalue weighted by molar-refractivity contribution is -0.107. The van der Waals surface area contributed by atoms with Crippen molar-refractivity contribution in [1.82, 2.24) is 5.32 Å². The van der Waals surface area contributed by atoms with E-state index in [1.165, 1.54) is 0 Å². The second-order valence-electron chi connectivity index (χ2n) is 5.32. The first-order valence-electron chi connectivity index (χ1n) is 6.39. The van der Waals surface area contributed by atoms with Gasteiger partial charge in [-0.2, -0.15) is 0 Å². The molecule has 0 heterocycles. The predicted molar refractivity (Wildman–Crippen MR) is 74.2 cm³/mol. The molecule has 0 fully saturated rings. The van der Waals surface area contributed by atoms with Gasteiger partial charge in [-0.1, -0.05) is 24.3 Å². The zero-order chi connectivity index (χ0) is 14.3. The minimum Gasteiger partial charge on any atom is -0.444 e. The molecule has 19 heavy (non-hydrogen) atoms. The molecule has 0 saturated carbocycles. The molecular formula is C15H21NO3. The van der Waals surface area contributed by atoms with E-state index in [9.17, 15) is 9.59 Å². The van der Waals surface area contributed by atoms with Gasteiger partial charge in [0.1, 0.15) is 11.9 Å². The van der Waals surface area contributed by atoms with Crippen molar-refractivity contribution >= 4 is 12.4 Å². The quantitative estimate of drug-likeness (QED) is 0.830. The molecular weight excluding hydrogens is 242 g/mol. The van der Waals surface area contributed by atoms with E-state index in [0.29, 0.717) is 19.4 Å². The summed E-state index contributed by atoms with van der Waals surface area (Å²) in [6, 6.07) is 7.73. The van der Waals surface area contributed by atoms with Crippen LogP contribution in [0.2, 0.25) is 0 Å². The number of aldehydes is 1. The van der Waals surface area contributed by atoms with Crippen molar-refractivity contribution in [3.8, 4) is 0 Å². The average Bonchev–Trinajstić information content (AvgIpc) is 2.29. The average molecular weight is 263 g/mol. The van der Waals surface area contributed by atoms with Gasteiger partial charge in [0, 0.05) is 13.0 Å². The molecule has 4 heteroatoms. The summed E-state index contributed by atoms with van der Waals surface area (Å²) in [6.45, 7) is 5.97. The van der Waals surface area contributed by atoms with E-state index in [2.05, 4.69) is 5.32 Å². The lowest BCUT2D eigenvalue weighted by Crippen LogP contribution is -2.33. The maximum absolute atomic E-state index is 11.5. The number of carbonyl (C=O) groups excluding carboxylic acids is 2. The molecule has 0 spiro atoms. The van der Waals surface area contributed by atoms with Gasteiger partial charge >= 0.3 is 6.09 Å². The van der Waals surface area contributed by atoms with Gasteiger partial charge in [0.25, 0.3) is 0 Å². The van der Waals surface area contributed by atoms with E-state index in [0.717, 1.165) is 17.4 Å². The first-order chi connectivity index (χ1) is 8.92. The summed E-state index contributed by atoms with van der Waals surface area (Å²) < 4.78 is 5.15. The topological polar surface area (TPSA) is 55.4 Å². The molecule has 0 radical (unpaired) electrons. The van der Waals surface area contributed by atoms with Crippen LogP contribution in [-0.2, 0) is 22.4 Å². The zero-order valence-electron chi connectivity index (χ0n) is 11.7. The van der Waals surface area contributed by atoms with E-state index in [1.54, 1.807) is 0 Å². The molecule has 4 nitrogen and oxygen atoms in total. The number of rotatable bonds is 5. The Kier molecular flexibility index (Phi) is 5.55. The van der Waals surface area contributed by atoms with Gasteiger partial charge in [-0.15, -0.1) is 0 Å². The number of benzene rings is 1. The van der Waals surface area contributed by atoms with Crippen LogP contribution in [0.4, 0.5) is 4.79 Å². The fraction of sp³-hybridized carbons (Fsp3) is 0.467. The Balaban J connectivity index is 2.45. The highest BCUT2D eigenvalue weighted by Crippen LogP contribution is 2.10. The fourth-order valence-corrected chi connectivity index (χ4v) is 1.70. The molecule has 0 saturated heterocycles. The molecule has 0 aliphatic heterocycles. The van der Waals surface area contributed by atoms with Crippen molar-refractivity contribution < 1.29 is 14.3 Å². The third kappa shape index (κ3) is 6.04. The SMILES string of the molecule is CC(C)(C)OC(=O)NCCc1ccccc1CC=O. The first-order valence-corrected chi connectivity index (χ1v) is 6.39. The Hall–Kier alpha value is -1.84. The van der Waals surface area contributed by atoms with E-state index in [-0.39, 0.29) is 0 Å². The Bertz CT molecular complexity index is 435. The highest BCUT2D eigenvalue weighted by molar-refractivity contribution is 5.67. The van der Waals surface area contributed by atoms with Gasteiger partial charge < -0.3 is 14.8 Å². The minimum absolute atomic E-state index is 0.405. The fourth-order valence-electron chi connectivity index (χ4n) is 1.70. The summed E-state index contributed by atoms with van der Waals surface area (Å²) in [5.74, 6) is 0. The number of hydrogen-bond donors (Lipinski definition) is 1. The van der Waals surface area contributed by atoms with E-state index >= 15 is 0 Å². The Morgan fingerprint density at radius 1 is 1.26 bits per heavy atom. The molecule has 0 aliphatic carbocycles. The van der Waals surface area contributed by atoms with Crippen molar-refractivity contribution in [3.05, 3.63) is 35.4 Å². The molecule has 0 unspecified atom stereocenters. The lowest BCUT2D eigenvalue weighted by Gasteiger charge is -2.19. The normalized spacial score (nSPS) is 10.9. The Morgan fingerprint density at radius 3 is 2.47 bits per heavy atom. The monoisotopic (exact) mass is 263 g/mol. The highest BCUT2D eigenvalue weighted by atomic mass is 16.6. The molecule has 1 rings (SSSR count). The van der Waals surface area contributed by atoms with Gasteiger partial charge in [-0.25, -0.2) is 4.79 Å². The largest absolute Gasteiger partial charge is 0.444 e. The number of ether oxygens (including phenoxy) is 1. The molecule has 1 aromatic carbocycles. The zero-order valence-corrected chi connectivity index (χ0v) is 11.7. The number of amides is 1. The number of carbonyl (C=O) groups is 2. The third-order valence-electron chi connectivity index (χ3n) is 2.48. The summed E-state index contributed by atoms with van der Waals surface area (Å²) in [7, 11) is 0. The summed E-state index contributed by atoms with van der Waals surface area (Å²) in [6.07, 6.45) is 1.56. The molecule has 1 amide bonds. The maximum atomic E-state index is 11.5. The van der Waals surface area contributed by atoms with Gasteiger partial charge in [0.05, 0.1) is 0 Å². The van der Waals surface area contributed by atoms with Crippen molar-refractivity contribution in [2.75, 3.05) is 6.54 Å². The molecule has 0 aromatic heterocycles. The van der Waals surface area contributed by atoms with E-state index in [4.69, 9.17) is 4.74 Å². The lowest BCUT2D eigenvalue weighted by atomic mass is 10.0. The number of hydrogen-bond acceptors (Lipinski definition) is 3. The van der Waals surface area contributed by atoms with Crippen LogP contribution in [-0.4, -0.2) is 24.5 Å². The van der Waals surface area contributed by atoms with Crippen molar-refractivity contribution in [3.63, 3.8) is 0 Å². The highest BCUT2D eigenvalue weighted by Gasteiger charge is 2.15. The minimum atomic E-state index is -0.487. The van der Waals surface area contributed by atoms with Gasteiger partial charge in [0.2, 0.25) is 0 Å². The van der Waals surface area contributed by atoms with Crippen LogP contribution in [0.25, 0.3) is 0 Å². The van der Waals surface area contributed by atoms with Crippen LogP contribution < -0.4 is 5.32 Å². The van der Waals surface area contributed by atoms with Crippen molar-refractivity contribution in [2.45, 2.75) is 39.2 Å². The third-order valence-corrected chi connectivity index (χ3v) is 2.48. The summed E-state index contributed by atoms with van der Waals surface area (Å²) >= 11 is 0. The van der Waals surface area contributed by atoms with Crippen molar-refractivity contribution in [2.24, 2.45) is 0 Å². The summed E-state index contributed by atoms with van der Waals surface area (Å²) in [5.41, 5.74) is 1.59. The van der Waals surface area contributed by atoms with E-state index in [1.807, 2.05) is 45.0 Å². The summed E-state index contributed by atoms with van der Waals surface area (Å²) in [5, 5.41) is 2.71. The Labute approximate surface area is 114 Å². The molecule has 1 N–H and O–H groups in total. The maximum Gasteiger partial charge on any atom is 0.407 e. The van der Waals surface area contributed by atoms with Crippen LogP contribution in [0.1, 0.15) is 31.9 Å². The standard InChI is InChI=1S/C15H21NO3/c1-15(2,3)19-14(18)16-10-8-12-6-4-5-7-13(12)9-11-17/h4-7,11H,8-10H2,1-3H3,(H,16,18). The second-order valence-corrected chi connectivity index (χ2v) is 5.32. The van der Waals surface area contributed by atoms with Crippen LogP contribution in [0.15, 0.2) is 24.3 Å². The number of nitrogens with one attached hydrogen (secondary N) is 1. The summed E-state index contributed by atoms with van der Waals surface area (Å²) in [4.78, 5) is 22.0. The van der Waals surface area contributed by atoms with Gasteiger partial charge in [-0.05, 0) is 38.3 Å². The van der Waals surface area contributed by atoms with E-state index < -0.39 is 11.7 Å². The smallest absolute Gasteiger partial charge is 0.407 e. The molecule has 104 valence electrons. The van der Waals surface area contributed by atoms with Crippen LogP contribution >= 0.6 is 0 Å². The predicted octanol–water partition coefficient (Wildman–Crippen LogP) is 2.50. The van der Waals surface area contributed by atoms with Crippen LogP contribution in [0, 0.1) is 0 Å². The molecule has 0 aliphatic rings. The van der Waals surface area contributed by atoms with Crippen molar-refractivity contribution in [1.29, 1.82) is 0 Å². The number of alkyl carbamates (subject to hydrolysis) is 1. The van der Waals surface area contributed by atoms with Gasteiger partial charge in [-0.3, -0.25) is 0 Å². The Morgan fingerprint density at radius 2 is 1.89 bits per heavy atom. The van der Waals surface area contributed by atoms with Crippen LogP contribution in [0.3, 0.4) is 0 Å². The van der Waals surface area contributed by atoms with Gasteiger partial charge in [0.15, 0.2) is 0 Å². The van der Waals surface area contributed by atoms with Crippen LogP contribution in [0.5, 0.6) is 0 Å². The molecule has 0 atom stereocenters.